The third-order valence-electron chi connectivity index (χ3n) is 3.63. The highest BCUT2D eigenvalue weighted by Gasteiger charge is 2.38. The Kier molecular flexibility index (Phi) is 2.54. The van der Waals surface area contributed by atoms with E-state index in [0.29, 0.717) is 12.0 Å². The summed E-state index contributed by atoms with van der Waals surface area (Å²) < 4.78 is 0. The highest BCUT2D eigenvalue weighted by Crippen LogP contribution is 2.38. The van der Waals surface area contributed by atoms with Crippen LogP contribution in [0.15, 0.2) is 10.2 Å². The lowest BCUT2D eigenvalue weighted by Crippen LogP contribution is -2.35. The number of rotatable bonds is 3. The normalized spacial score (nSPS) is 27.7. The minimum Gasteiger partial charge on any atom is -0.196 e. The molecule has 0 aliphatic heterocycles. The molecule has 0 spiro atoms. The third kappa shape index (κ3) is 1.66. The fraction of sp³-hybridized carbons (Fsp3) is 0.909. The highest BCUT2D eigenvalue weighted by atomic mass is 15.2. The summed E-state index contributed by atoms with van der Waals surface area (Å²) >= 11 is 0. The van der Waals surface area contributed by atoms with Crippen LogP contribution in [0, 0.1) is 17.2 Å². The molecule has 0 bridgehead atoms. The lowest BCUT2D eigenvalue weighted by atomic mass is 9.73. The van der Waals surface area contributed by atoms with E-state index in [1.165, 1.54) is 12.8 Å². The summed E-state index contributed by atoms with van der Waals surface area (Å²) in [6.45, 7) is 1.93. The molecule has 2 aliphatic carbocycles. The summed E-state index contributed by atoms with van der Waals surface area (Å²) in [6.07, 6.45) is 7.14. The summed E-state index contributed by atoms with van der Waals surface area (Å²) in [7, 11) is 0. The number of hydrogen-bond acceptors (Lipinski definition) is 3. The second-order valence-electron chi connectivity index (χ2n) is 4.69. The Morgan fingerprint density at radius 2 is 1.86 bits per heavy atom. The summed E-state index contributed by atoms with van der Waals surface area (Å²) in [6, 6.07) is 2.74. The van der Waals surface area contributed by atoms with Crippen molar-refractivity contribution in [2.75, 3.05) is 0 Å². The van der Waals surface area contributed by atoms with E-state index < -0.39 is 5.54 Å². The second-order valence-corrected chi connectivity index (χ2v) is 4.69. The Morgan fingerprint density at radius 3 is 2.21 bits per heavy atom. The molecule has 1 unspecified atom stereocenters. The summed E-state index contributed by atoms with van der Waals surface area (Å²) in [5.41, 5.74) is -0.534. The molecule has 14 heavy (non-hydrogen) atoms. The monoisotopic (exact) mass is 191 g/mol. The van der Waals surface area contributed by atoms with Crippen molar-refractivity contribution in [2.24, 2.45) is 16.1 Å². The topological polar surface area (TPSA) is 48.5 Å². The Bertz CT molecular complexity index is 271. The second kappa shape index (κ2) is 3.68. The van der Waals surface area contributed by atoms with Crippen molar-refractivity contribution in [3.8, 4) is 6.07 Å². The molecular weight excluding hydrogens is 174 g/mol. The maximum Gasteiger partial charge on any atom is 0.167 e. The Balaban J connectivity index is 1.96. The fourth-order valence-electron chi connectivity index (χ4n) is 1.87. The van der Waals surface area contributed by atoms with Gasteiger partial charge in [0.15, 0.2) is 5.54 Å². The molecule has 0 N–H and O–H groups in total. The van der Waals surface area contributed by atoms with E-state index in [4.69, 9.17) is 5.26 Å². The van der Waals surface area contributed by atoms with Gasteiger partial charge >= 0.3 is 0 Å². The highest BCUT2D eigenvalue weighted by molar-refractivity contribution is 5.09. The zero-order chi connectivity index (χ0) is 10.0. The third-order valence-corrected chi connectivity index (χ3v) is 3.63. The van der Waals surface area contributed by atoms with Gasteiger partial charge in [0.25, 0.3) is 0 Å². The SMILES string of the molecule is CC(C#N)(/N=N/C1CCC1)C1CCC1. The van der Waals surface area contributed by atoms with Gasteiger partial charge in [0.1, 0.15) is 0 Å². The molecule has 2 fully saturated rings. The Hall–Kier alpha value is -0.910. The van der Waals surface area contributed by atoms with E-state index in [9.17, 15) is 0 Å². The molecule has 0 radical (unpaired) electrons. The van der Waals surface area contributed by atoms with E-state index >= 15 is 0 Å². The van der Waals surface area contributed by atoms with E-state index in [1.54, 1.807) is 0 Å². The molecule has 0 heterocycles. The summed E-state index contributed by atoms with van der Waals surface area (Å²) in [5, 5.41) is 17.7. The van der Waals surface area contributed by atoms with Crippen molar-refractivity contribution in [3.63, 3.8) is 0 Å². The molecule has 3 nitrogen and oxygen atoms in total. The first-order chi connectivity index (χ1) is 6.74. The molecule has 0 aromatic heterocycles. The smallest absolute Gasteiger partial charge is 0.167 e. The Morgan fingerprint density at radius 1 is 1.21 bits per heavy atom. The van der Waals surface area contributed by atoms with Crippen LogP contribution in [-0.2, 0) is 0 Å². The summed E-state index contributed by atoms with van der Waals surface area (Å²) in [4.78, 5) is 0. The minimum absolute atomic E-state index is 0.419. The van der Waals surface area contributed by atoms with Crippen molar-refractivity contribution in [2.45, 2.75) is 57.0 Å². The molecule has 2 rings (SSSR count). The van der Waals surface area contributed by atoms with E-state index in [-0.39, 0.29) is 0 Å². The van der Waals surface area contributed by atoms with Crippen LogP contribution in [0.3, 0.4) is 0 Å². The van der Waals surface area contributed by atoms with Gasteiger partial charge in [-0.05, 0) is 44.9 Å². The molecule has 0 aromatic carbocycles. The minimum atomic E-state index is -0.534. The lowest BCUT2D eigenvalue weighted by molar-refractivity contribution is 0.216. The van der Waals surface area contributed by atoms with E-state index in [1.807, 2.05) is 6.92 Å². The van der Waals surface area contributed by atoms with Crippen LogP contribution >= 0.6 is 0 Å². The molecule has 2 saturated carbocycles. The summed E-state index contributed by atoms with van der Waals surface area (Å²) in [5.74, 6) is 0.455. The van der Waals surface area contributed by atoms with Crippen molar-refractivity contribution < 1.29 is 0 Å². The maximum absolute atomic E-state index is 9.12. The van der Waals surface area contributed by atoms with Crippen molar-refractivity contribution >= 4 is 0 Å². The van der Waals surface area contributed by atoms with Crippen LogP contribution in [0.4, 0.5) is 0 Å². The average molecular weight is 191 g/mol. The largest absolute Gasteiger partial charge is 0.196 e. The lowest BCUT2D eigenvalue weighted by Gasteiger charge is -2.34. The molecule has 0 aromatic rings. The standard InChI is InChI=1S/C11H17N3/c1-11(8-12,9-4-2-5-9)14-13-10-6-3-7-10/h9-10H,2-7H2,1H3/b14-13+. The van der Waals surface area contributed by atoms with Crippen LogP contribution < -0.4 is 0 Å². The molecule has 3 heteroatoms. The van der Waals surface area contributed by atoms with Crippen LogP contribution in [-0.4, -0.2) is 11.6 Å². The van der Waals surface area contributed by atoms with Crippen LogP contribution in [0.5, 0.6) is 0 Å². The van der Waals surface area contributed by atoms with E-state index in [0.717, 1.165) is 25.7 Å². The number of hydrogen-bond donors (Lipinski definition) is 0. The molecular formula is C11H17N3. The maximum atomic E-state index is 9.12. The first-order valence-electron chi connectivity index (χ1n) is 5.58. The zero-order valence-corrected chi connectivity index (χ0v) is 8.74. The Labute approximate surface area is 85.2 Å². The van der Waals surface area contributed by atoms with Gasteiger partial charge < -0.3 is 0 Å². The predicted octanol–water partition coefficient (Wildman–Crippen LogP) is 3.07. The quantitative estimate of drug-likeness (QED) is 0.632. The van der Waals surface area contributed by atoms with Crippen LogP contribution in [0.2, 0.25) is 0 Å². The first-order valence-corrected chi connectivity index (χ1v) is 5.58. The molecule has 1 atom stereocenters. The van der Waals surface area contributed by atoms with Gasteiger partial charge in [-0.25, -0.2) is 0 Å². The van der Waals surface area contributed by atoms with Crippen molar-refractivity contribution in [1.82, 2.24) is 0 Å². The number of nitrogens with zero attached hydrogens (tertiary/aromatic N) is 3. The van der Waals surface area contributed by atoms with E-state index in [2.05, 4.69) is 16.3 Å². The van der Waals surface area contributed by atoms with Crippen LogP contribution in [0.25, 0.3) is 0 Å². The van der Waals surface area contributed by atoms with Gasteiger partial charge in [-0.3, -0.25) is 0 Å². The van der Waals surface area contributed by atoms with Crippen molar-refractivity contribution in [3.05, 3.63) is 0 Å². The fourth-order valence-corrected chi connectivity index (χ4v) is 1.87. The number of azo groups is 1. The molecule has 0 amide bonds. The molecule has 0 saturated heterocycles. The van der Waals surface area contributed by atoms with Gasteiger partial charge in [0.05, 0.1) is 12.1 Å². The van der Waals surface area contributed by atoms with Crippen molar-refractivity contribution in [1.29, 1.82) is 5.26 Å². The zero-order valence-electron chi connectivity index (χ0n) is 8.74. The van der Waals surface area contributed by atoms with Gasteiger partial charge in [-0.1, -0.05) is 6.42 Å². The van der Waals surface area contributed by atoms with Gasteiger partial charge in [-0.15, -0.1) is 0 Å². The van der Waals surface area contributed by atoms with Crippen LogP contribution in [0.1, 0.15) is 45.4 Å². The van der Waals surface area contributed by atoms with Gasteiger partial charge in [0, 0.05) is 0 Å². The number of nitriles is 1. The molecule has 76 valence electrons. The van der Waals surface area contributed by atoms with Gasteiger partial charge in [-0.2, -0.15) is 15.5 Å². The molecule has 2 aliphatic rings. The average Bonchev–Trinajstić information content (AvgIpc) is 1.98. The predicted molar refractivity (Wildman–Crippen MR) is 53.9 cm³/mol. The van der Waals surface area contributed by atoms with Gasteiger partial charge in [0.2, 0.25) is 0 Å². The first kappa shape index (κ1) is 9.64.